The third-order valence-electron chi connectivity index (χ3n) is 6.46. The van der Waals surface area contributed by atoms with E-state index >= 15 is 0 Å². The second kappa shape index (κ2) is 6.34. The molecule has 4 bridgehead atoms. The van der Waals surface area contributed by atoms with Crippen molar-refractivity contribution in [1.82, 2.24) is 15.3 Å². The molecule has 1 amide bonds. The van der Waals surface area contributed by atoms with Gasteiger partial charge in [0.25, 0.3) is 0 Å². The van der Waals surface area contributed by atoms with Gasteiger partial charge in [-0.3, -0.25) is 4.79 Å². The van der Waals surface area contributed by atoms with Gasteiger partial charge in [0, 0.05) is 12.1 Å². The molecule has 6 nitrogen and oxygen atoms in total. The maximum Gasteiger partial charge on any atom is 0.230 e. The standard InChI is InChI=1S/C18H27N5OS/c1-10(18-6-11-2-12(7-18)4-13(3-11)8-18)21-16(24)9-25-17-22-14(19)5-15(20)23-17/h5,10-13H,2-4,6-9H2,1H3,(H,21,24)(H4,19,20,22,23)/t10-,11?,12?,13?,18?/m0/s1. The maximum absolute atomic E-state index is 12.4. The number of anilines is 2. The fourth-order valence-electron chi connectivity index (χ4n) is 5.80. The Morgan fingerprint density at radius 1 is 1.20 bits per heavy atom. The van der Waals surface area contributed by atoms with Crippen LogP contribution in [0.2, 0.25) is 0 Å². The molecule has 1 heterocycles. The summed E-state index contributed by atoms with van der Waals surface area (Å²) in [5.74, 6) is 3.67. The molecular formula is C18H27N5OS. The Kier molecular flexibility index (Phi) is 4.30. The smallest absolute Gasteiger partial charge is 0.230 e. The summed E-state index contributed by atoms with van der Waals surface area (Å²) in [5, 5.41) is 3.71. The van der Waals surface area contributed by atoms with E-state index in [4.69, 9.17) is 11.5 Å². The number of amides is 1. The summed E-state index contributed by atoms with van der Waals surface area (Å²) >= 11 is 1.28. The number of aromatic nitrogens is 2. The molecule has 5 rings (SSSR count). The number of carbonyl (C=O) groups excluding carboxylic acids is 1. The van der Waals surface area contributed by atoms with Gasteiger partial charge in [0.1, 0.15) is 11.6 Å². The van der Waals surface area contributed by atoms with Crippen LogP contribution in [0.25, 0.3) is 0 Å². The Bertz CT molecular complexity index is 624. The van der Waals surface area contributed by atoms with Crippen LogP contribution < -0.4 is 16.8 Å². The van der Waals surface area contributed by atoms with Crippen LogP contribution in [-0.4, -0.2) is 27.7 Å². The molecule has 0 unspecified atom stereocenters. The molecule has 0 aliphatic heterocycles. The van der Waals surface area contributed by atoms with Crippen LogP contribution in [0.3, 0.4) is 0 Å². The minimum Gasteiger partial charge on any atom is -0.383 e. The summed E-state index contributed by atoms with van der Waals surface area (Å²) in [5.41, 5.74) is 11.7. The fourth-order valence-corrected chi connectivity index (χ4v) is 6.48. The highest BCUT2D eigenvalue weighted by Crippen LogP contribution is 2.61. The molecule has 136 valence electrons. The van der Waals surface area contributed by atoms with Crippen molar-refractivity contribution >= 4 is 29.3 Å². The lowest BCUT2D eigenvalue weighted by Crippen LogP contribution is -2.56. The second-order valence-electron chi connectivity index (χ2n) is 8.36. The Morgan fingerprint density at radius 2 is 1.72 bits per heavy atom. The highest BCUT2D eigenvalue weighted by Gasteiger charge is 2.53. The first kappa shape index (κ1) is 16.9. The predicted octanol–water partition coefficient (Wildman–Crippen LogP) is 2.45. The fraction of sp³-hybridized carbons (Fsp3) is 0.722. The van der Waals surface area contributed by atoms with E-state index in [1.807, 2.05) is 0 Å². The van der Waals surface area contributed by atoms with Crippen molar-refractivity contribution in [3.8, 4) is 0 Å². The van der Waals surface area contributed by atoms with Gasteiger partial charge in [-0.05, 0) is 68.6 Å². The molecule has 0 saturated heterocycles. The Morgan fingerprint density at radius 3 is 2.24 bits per heavy atom. The van der Waals surface area contributed by atoms with E-state index in [1.165, 1.54) is 56.4 Å². The molecule has 1 aromatic heterocycles. The lowest BCUT2D eigenvalue weighted by atomic mass is 9.48. The number of rotatable bonds is 5. The lowest BCUT2D eigenvalue weighted by molar-refractivity contribution is -0.123. The molecular weight excluding hydrogens is 334 g/mol. The molecule has 5 N–H and O–H groups in total. The number of carbonyl (C=O) groups is 1. The van der Waals surface area contributed by atoms with Crippen molar-refractivity contribution < 1.29 is 4.79 Å². The van der Waals surface area contributed by atoms with Crippen LogP contribution in [0.1, 0.15) is 45.4 Å². The van der Waals surface area contributed by atoms with E-state index in [0.717, 1.165) is 17.8 Å². The summed E-state index contributed by atoms with van der Waals surface area (Å²) in [7, 11) is 0. The highest BCUT2D eigenvalue weighted by molar-refractivity contribution is 7.99. The van der Waals surface area contributed by atoms with Gasteiger partial charge in [-0.15, -0.1) is 0 Å². The number of thioether (sulfide) groups is 1. The predicted molar refractivity (Wildman–Crippen MR) is 99.8 cm³/mol. The second-order valence-corrected chi connectivity index (χ2v) is 9.30. The quantitative estimate of drug-likeness (QED) is 0.549. The van der Waals surface area contributed by atoms with Crippen molar-refractivity contribution in [1.29, 1.82) is 0 Å². The van der Waals surface area contributed by atoms with Gasteiger partial charge in [-0.2, -0.15) is 0 Å². The number of nitrogen functional groups attached to an aromatic ring is 2. The third kappa shape index (κ3) is 3.43. The van der Waals surface area contributed by atoms with Gasteiger partial charge in [0.15, 0.2) is 5.16 Å². The zero-order valence-electron chi connectivity index (χ0n) is 14.7. The molecule has 4 aliphatic rings. The zero-order valence-corrected chi connectivity index (χ0v) is 15.5. The summed E-state index contributed by atoms with van der Waals surface area (Å²) in [6, 6.07) is 1.75. The van der Waals surface area contributed by atoms with Crippen molar-refractivity contribution in [3.63, 3.8) is 0 Å². The van der Waals surface area contributed by atoms with Crippen LogP contribution in [0.15, 0.2) is 11.2 Å². The summed E-state index contributed by atoms with van der Waals surface area (Å²) in [4.78, 5) is 20.7. The molecule has 0 radical (unpaired) electrons. The topological polar surface area (TPSA) is 107 Å². The van der Waals surface area contributed by atoms with Crippen molar-refractivity contribution in [2.45, 2.75) is 56.6 Å². The van der Waals surface area contributed by atoms with Crippen molar-refractivity contribution in [2.24, 2.45) is 23.2 Å². The van der Waals surface area contributed by atoms with E-state index < -0.39 is 0 Å². The van der Waals surface area contributed by atoms with Gasteiger partial charge in [-0.25, -0.2) is 9.97 Å². The molecule has 7 heteroatoms. The average molecular weight is 362 g/mol. The first-order valence-corrected chi connectivity index (χ1v) is 10.2. The van der Waals surface area contributed by atoms with Crippen LogP contribution in [0.4, 0.5) is 11.6 Å². The van der Waals surface area contributed by atoms with Gasteiger partial charge >= 0.3 is 0 Å². The monoisotopic (exact) mass is 361 g/mol. The van der Waals surface area contributed by atoms with E-state index in [-0.39, 0.29) is 11.9 Å². The first-order chi connectivity index (χ1) is 11.9. The number of nitrogens with one attached hydrogen (secondary N) is 1. The van der Waals surface area contributed by atoms with E-state index in [0.29, 0.717) is 28.0 Å². The van der Waals surface area contributed by atoms with E-state index in [9.17, 15) is 4.79 Å². The minimum atomic E-state index is 0.0397. The largest absolute Gasteiger partial charge is 0.383 e. The SMILES string of the molecule is C[C@H](NC(=O)CSc1nc(N)cc(N)n1)C12CC3CC(CC(C3)C1)C2. The number of hydrogen-bond acceptors (Lipinski definition) is 6. The molecule has 4 aliphatic carbocycles. The van der Waals surface area contributed by atoms with E-state index in [1.54, 1.807) is 0 Å². The van der Waals surface area contributed by atoms with Gasteiger partial charge in [0.05, 0.1) is 5.75 Å². The number of nitrogens with two attached hydrogens (primary N) is 2. The van der Waals surface area contributed by atoms with Gasteiger partial charge in [0.2, 0.25) is 5.91 Å². The molecule has 4 fully saturated rings. The van der Waals surface area contributed by atoms with Gasteiger partial charge < -0.3 is 16.8 Å². The van der Waals surface area contributed by atoms with Crippen LogP contribution >= 0.6 is 11.8 Å². The number of hydrogen-bond donors (Lipinski definition) is 3. The average Bonchev–Trinajstić information content (AvgIpc) is 2.50. The van der Waals surface area contributed by atoms with E-state index in [2.05, 4.69) is 22.2 Å². The Labute approximate surface area is 152 Å². The molecule has 4 saturated carbocycles. The Hall–Kier alpha value is -1.50. The number of nitrogens with zero attached hydrogens (tertiary/aromatic N) is 2. The van der Waals surface area contributed by atoms with Crippen LogP contribution in [0, 0.1) is 23.2 Å². The van der Waals surface area contributed by atoms with Gasteiger partial charge in [-0.1, -0.05) is 11.8 Å². The molecule has 1 atom stereocenters. The molecule has 25 heavy (non-hydrogen) atoms. The normalized spacial score (nSPS) is 34.0. The third-order valence-corrected chi connectivity index (χ3v) is 7.31. The summed E-state index contributed by atoms with van der Waals surface area (Å²) < 4.78 is 0. The summed E-state index contributed by atoms with van der Waals surface area (Å²) in [6.45, 7) is 2.20. The van der Waals surface area contributed by atoms with Crippen molar-refractivity contribution in [3.05, 3.63) is 6.07 Å². The Balaban J connectivity index is 1.34. The highest BCUT2D eigenvalue weighted by atomic mass is 32.2. The first-order valence-electron chi connectivity index (χ1n) is 9.24. The van der Waals surface area contributed by atoms with Crippen molar-refractivity contribution in [2.75, 3.05) is 17.2 Å². The minimum absolute atomic E-state index is 0.0397. The van der Waals surface area contributed by atoms with Crippen LogP contribution in [0.5, 0.6) is 0 Å². The summed E-state index contributed by atoms with van der Waals surface area (Å²) in [6.07, 6.45) is 8.14. The zero-order chi connectivity index (χ0) is 17.6. The molecule has 0 spiro atoms. The molecule has 1 aromatic rings. The van der Waals surface area contributed by atoms with Crippen LogP contribution in [-0.2, 0) is 4.79 Å². The lowest BCUT2D eigenvalue weighted by Gasteiger charge is -2.59. The molecule has 0 aromatic carbocycles. The maximum atomic E-state index is 12.4.